The van der Waals surface area contributed by atoms with E-state index >= 15 is 0 Å². The first-order chi connectivity index (χ1) is 5.33. The smallest absolute Gasteiger partial charge is 0.0356 e. The van der Waals surface area contributed by atoms with E-state index in [0.29, 0.717) is 0 Å². The molecule has 0 N–H and O–H groups in total. The van der Waals surface area contributed by atoms with Crippen LogP contribution >= 0.6 is 0 Å². The predicted octanol–water partition coefficient (Wildman–Crippen LogP) is 2.56. The van der Waals surface area contributed by atoms with Crippen LogP contribution in [0.5, 0.6) is 0 Å². The fraction of sp³-hybridized carbons (Fsp3) is 0.600. The van der Waals surface area contributed by atoms with Crippen LogP contribution in [0.3, 0.4) is 0 Å². The average molecular weight is 151 g/mol. The van der Waals surface area contributed by atoms with Crippen LogP contribution in [0.15, 0.2) is 23.9 Å². The Labute approximate surface area is 69.4 Å². The molecule has 0 spiro atoms. The van der Waals surface area contributed by atoms with Crippen LogP contribution in [0, 0.1) is 0 Å². The molecule has 0 saturated carbocycles. The van der Waals surface area contributed by atoms with Crippen molar-refractivity contribution in [2.75, 3.05) is 13.6 Å². The zero-order valence-corrected chi connectivity index (χ0v) is 7.51. The van der Waals surface area contributed by atoms with Crippen molar-refractivity contribution in [2.45, 2.75) is 26.2 Å². The molecule has 11 heavy (non-hydrogen) atoms. The Kier molecular flexibility index (Phi) is 3.21. The van der Waals surface area contributed by atoms with E-state index in [1.807, 2.05) is 0 Å². The molecule has 1 aliphatic rings. The van der Waals surface area contributed by atoms with Gasteiger partial charge in [-0.25, -0.2) is 0 Å². The van der Waals surface area contributed by atoms with Gasteiger partial charge in [0.05, 0.1) is 0 Å². The molecule has 1 nitrogen and oxygen atoms in total. The van der Waals surface area contributed by atoms with Crippen molar-refractivity contribution in [3.05, 3.63) is 23.9 Å². The van der Waals surface area contributed by atoms with Crippen molar-refractivity contribution in [3.8, 4) is 0 Å². The van der Waals surface area contributed by atoms with E-state index < -0.39 is 0 Å². The summed E-state index contributed by atoms with van der Waals surface area (Å²) in [6.45, 7) is 3.31. The second kappa shape index (κ2) is 4.22. The van der Waals surface area contributed by atoms with Crippen LogP contribution < -0.4 is 0 Å². The molecule has 0 atom stereocenters. The Morgan fingerprint density at radius 2 is 2.36 bits per heavy atom. The summed E-state index contributed by atoms with van der Waals surface area (Å²) in [5.74, 6) is 0. The van der Waals surface area contributed by atoms with E-state index in [0.717, 1.165) is 6.54 Å². The Bertz CT molecular complexity index is 168. The minimum absolute atomic E-state index is 1.08. The van der Waals surface area contributed by atoms with Crippen LogP contribution in [0.4, 0.5) is 0 Å². The Morgan fingerprint density at radius 3 is 2.91 bits per heavy atom. The van der Waals surface area contributed by atoms with Crippen LogP contribution in [0.2, 0.25) is 0 Å². The first kappa shape index (κ1) is 8.38. The summed E-state index contributed by atoms with van der Waals surface area (Å²) >= 11 is 0. The van der Waals surface area contributed by atoms with Gasteiger partial charge in [-0.05, 0) is 30.7 Å². The molecule has 0 unspecified atom stereocenters. The minimum Gasteiger partial charge on any atom is -0.377 e. The van der Waals surface area contributed by atoms with Crippen molar-refractivity contribution >= 4 is 0 Å². The van der Waals surface area contributed by atoms with Gasteiger partial charge >= 0.3 is 0 Å². The van der Waals surface area contributed by atoms with E-state index in [9.17, 15) is 0 Å². The minimum atomic E-state index is 1.08. The van der Waals surface area contributed by atoms with E-state index in [2.05, 4.69) is 37.2 Å². The summed E-state index contributed by atoms with van der Waals surface area (Å²) in [6.07, 6.45) is 10.6. The topological polar surface area (TPSA) is 3.24 Å². The number of rotatable bonds is 3. The lowest BCUT2D eigenvalue weighted by molar-refractivity contribution is 0.500. The molecular weight excluding hydrogens is 134 g/mol. The number of unbranched alkanes of at least 4 members (excludes halogenated alkanes) is 1. The molecular formula is C10H17N. The lowest BCUT2D eigenvalue weighted by atomic mass is 10.1. The largest absolute Gasteiger partial charge is 0.377 e. The number of allylic oxidation sites excluding steroid dienone is 2. The second-order valence-electron chi connectivity index (χ2n) is 3.14. The average Bonchev–Trinajstić information content (AvgIpc) is 2.04. The van der Waals surface area contributed by atoms with Gasteiger partial charge in [-0.3, -0.25) is 0 Å². The standard InChI is InChI=1S/C10H17N/c1-3-4-5-10-6-8-11(2)9-7-10/h6-8H,3-5,9H2,1-2H3. The van der Waals surface area contributed by atoms with Crippen molar-refractivity contribution in [1.29, 1.82) is 0 Å². The maximum absolute atomic E-state index is 2.32. The number of hydrogen-bond acceptors (Lipinski definition) is 1. The molecule has 1 heterocycles. The highest BCUT2D eigenvalue weighted by atomic mass is 15.1. The summed E-state index contributed by atoms with van der Waals surface area (Å²) in [4.78, 5) is 2.19. The van der Waals surface area contributed by atoms with Gasteiger partial charge in [0.15, 0.2) is 0 Å². The fourth-order valence-corrected chi connectivity index (χ4v) is 1.18. The van der Waals surface area contributed by atoms with Gasteiger partial charge in [-0.15, -0.1) is 0 Å². The van der Waals surface area contributed by atoms with Gasteiger partial charge in [-0.2, -0.15) is 0 Å². The summed E-state index contributed by atoms with van der Waals surface area (Å²) in [7, 11) is 2.10. The molecule has 1 heteroatoms. The maximum Gasteiger partial charge on any atom is 0.0356 e. The van der Waals surface area contributed by atoms with Crippen LogP contribution in [0.25, 0.3) is 0 Å². The van der Waals surface area contributed by atoms with Crippen LogP contribution in [-0.4, -0.2) is 18.5 Å². The highest BCUT2D eigenvalue weighted by Crippen LogP contribution is 2.12. The zero-order chi connectivity index (χ0) is 8.10. The summed E-state index contributed by atoms with van der Waals surface area (Å²) in [6, 6.07) is 0. The van der Waals surface area contributed by atoms with Crippen LogP contribution in [0.1, 0.15) is 26.2 Å². The molecule has 0 aliphatic carbocycles. The van der Waals surface area contributed by atoms with Crippen molar-refractivity contribution in [2.24, 2.45) is 0 Å². The van der Waals surface area contributed by atoms with Crippen molar-refractivity contribution in [1.82, 2.24) is 4.90 Å². The molecule has 0 bridgehead atoms. The second-order valence-corrected chi connectivity index (χ2v) is 3.14. The molecule has 0 aromatic carbocycles. The van der Waals surface area contributed by atoms with Gasteiger partial charge in [-0.1, -0.05) is 19.4 Å². The molecule has 1 rings (SSSR count). The van der Waals surface area contributed by atoms with Crippen LogP contribution in [-0.2, 0) is 0 Å². The lowest BCUT2D eigenvalue weighted by Gasteiger charge is -2.16. The van der Waals surface area contributed by atoms with E-state index in [1.54, 1.807) is 0 Å². The molecule has 0 amide bonds. The maximum atomic E-state index is 2.32. The molecule has 0 aromatic heterocycles. The Morgan fingerprint density at radius 1 is 1.55 bits per heavy atom. The predicted molar refractivity (Wildman–Crippen MR) is 49.4 cm³/mol. The van der Waals surface area contributed by atoms with E-state index in [-0.39, 0.29) is 0 Å². The summed E-state index contributed by atoms with van der Waals surface area (Å²) < 4.78 is 0. The molecule has 1 aliphatic heterocycles. The van der Waals surface area contributed by atoms with Crippen molar-refractivity contribution in [3.63, 3.8) is 0 Å². The number of hydrogen-bond donors (Lipinski definition) is 0. The normalized spacial score (nSPS) is 16.9. The fourth-order valence-electron chi connectivity index (χ4n) is 1.18. The van der Waals surface area contributed by atoms with Gasteiger partial charge < -0.3 is 4.90 Å². The van der Waals surface area contributed by atoms with Gasteiger partial charge in [0.2, 0.25) is 0 Å². The molecule has 0 aromatic rings. The van der Waals surface area contributed by atoms with Crippen molar-refractivity contribution < 1.29 is 0 Å². The van der Waals surface area contributed by atoms with E-state index in [1.165, 1.54) is 24.8 Å². The quantitative estimate of drug-likeness (QED) is 0.599. The first-order valence-electron chi connectivity index (χ1n) is 4.40. The number of nitrogens with zero attached hydrogens (tertiary/aromatic N) is 1. The van der Waals surface area contributed by atoms with Gasteiger partial charge in [0.1, 0.15) is 0 Å². The third-order valence-corrected chi connectivity index (χ3v) is 2.00. The lowest BCUT2D eigenvalue weighted by Crippen LogP contribution is -2.13. The molecule has 0 radical (unpaired) electrons. The Balaban J connectivity index is 2.31. The monoisotopic (exact) mass is 151 g/mol. The van der Waals surface area contributed by atoms with E-state index in [4.69, 9.17) is 0 Å². The Hall–Kier alpha value is -0.720. The highest BCUT2D eigenvalue weighted by molar-refractivity contribution is 5.21. The highest BCUT2D eigenvalue weighted by Gasteiger charge is 1.98. The summed E-state index contributed by atoms with van der Waals surface area (Å²) in [5, 5.41) is 0. The summed E-state index contributed by atoms with van der Waals surface area (Å²) in [5.41, 5.74) is 1.50. The number of likely N-dealkylation sites (N-methyl/N-ethyl adjacent to an activating group) is 1. The SMILES string of the molecule is CCCCC1=CCN(C)C=C1. The first-order valence-corrected chi connectivity index (χ1v) is 4.40. The molecule has 62 valence electrons. The third kappa shape index (κ3) is 2.79. The van der Waals surface area contributed by atoms with Gasteiger partial charge in [0.25, 0.3) is 0 Å². The third-order valence-electron chi connectivity index (χ3n) is 2.00. The van der Waals surface area contributed by atoms with Gasteiger partial charge in [0, 0.05) is 13.6 Å². The zero-order valence-electron chi connectivity index (χ0n) is 7.51. The molecule has 0 saturated heterocycles. The molecule has 0 fully saturated rings.